The molecule has 0 bridgehead atoms. The number of hydrogen-bond acceptors (Lipinski definition) is 7. The number of carbonyl (C=O) groups is 2. The van der Waals surface area contributed by atoms with Crippen LogP contribution in [0.15, 0.2) is 121 Å². The summed E-state index contributed by atoms with van der Waals surface area (Å²) in [6.07, 6.45) is -7.96. The van der Waals surface area contributed by atoms with Crippen molar-refractivity contribution in [3.05, 3.63) is 176 Å². The fourth-order valence-electron chi connectivity index (χ4n) is 7.16. The Kier molecular flexibility index (Phi) is 13.6. The number of carbonyl (C=O) groups excluding carboxylic acids is 1. The molecule has 4 aromatic heterocycles. The Morgan fingerprint density at radius 3 is 1.53 bits per heavy atom. The monoisotopic (exact) mass is 911 g/mol. The van der Waals surface area contributed by atoms with Gasteiger partial charge in [0.1, 0.15) is 0 Å². The van der Waals surface area contributed by atoms with Crippen molar-refractivity contribution in [1.29, 1.82) is 0 Å². The second-order valence-electron chi connectivity index (χ2n) is 14.9. The molecule has 0 unspecified atom stereocenters. The van der Waals surface area contributed by atoms with Crippen LogP contribution in [0, 0.1) is 13.8 Å². The van der Waals surface area contributed by atoms with Gasteiger partial charge in [0.2, 0.25) is 0 Å². The molecule has 0 radical (unpaired) electrons. The highest BCUT2D eigenvalue weighted by atomic mass is 32.1. The minimum atomic E-state index is -4.37. The van der Waals surface area contributed by atoms with Gasteiger partial charge in [0.25, 0.3) is 5.91 Å². The van der Waals surface area contributed by atoms with Gasteiger partial charge in [0.05, 0.1) is 34.7 Å². The van der Waals surface area contributed by atoms with Crippen LogP contribution < -0.4 is 5.32 Å². The van der Waals surface area contributed by atoms with Crippen molar-refractivity contribution in [3.63, 3.8) is 0 Å². The predicted octanol–water partition coefficient (Wildman–Crippen LogP) is 12.8. The number of thiophene rings is 2. The van der Waals surface area contributed by atoms with Gasteiger partial charge in [-0.1, -0.05) is 72.8 Å². The summed E-state index contributed by atoms with van der Waals surface area (Å²) < 4.78 is 85.1. The normalized spacial score (nSPS) is 11.7. The molecule has 0 fully saturated rings. The van der Waals surface area contributed by atoms with Crippen molar-refractivity contribution < 1.29 is 45.8 Å². The molecule has 328 valence electrons. The van der Waals surface area contributed by atoms with Gasteiger partial charge in [-0.15, -0.1) is 22.7 Å². The average Bonchev–Trinajstić information content (AvgIpc) is 3.86. The van der Waals surface area contributed by atoms with Gasteiger partial charge in [-0.25, -0.2) is 4.79 Å². The van der Waals surface area contributed by atoms with Crippen molar-refractivity contribution in [2.75, 3.05) is 20.3 Å². The Bertz CT molecular complexity index is 2990. The summed E-state index contributed by atoms with van der Waals surface area (Å²) in [4.78, 5) is 35.0. The Hall–Kier alpha value is -6.42. The van der Waals surface area contributed by atoms with Crippen molar-refractivity contribution >= 4 is 54.7 Å². The standard InChI is InChI=1S/C26H23F3N2O2S.C23H16F3NO2S/c1-16-11-19(25(32)30-9-10-33-2)15-23(31-16)22-8-4-6-18-14-21(34-24(18)22)13-17-5-3-7-20(12-17)26(27,28)29;1-13-8-16(22(28)29)12-20(27-13)19-7-3-5-15-11-18(30-21(15)19)10-14-4-2-6-17(9-14)23(24,25)26/h3-8,11-12,14-15H,9-10,13H2,1-2H3,(H,30,32);2-9,11-12H,10H2,1H3,(H,28,29). The number of ether oxygens (including phenoxy) is 1. The Morgan fingerprint density at radius 1 is 0.625 bits per heavy atom. The summed E-state index contributed by atoms with van der Waals surface area (Å²) in [6.45, 7) is 4.41. The lowest BCUT2D eigenvalue weighted by Crippen LogP contribution is -2.27. The number of rotatable bonds is 11. The number of alkyl halides is 6. The number of fused-ring (bicyclic) bond motifs is 2. The van der Waals surface area contributed by atoms with Crippen LogP contribution in [0.1, 0.15) is 64.1 Å². The summed E-state index contributed by atoms with van der Waals surface area (Å²) in [7, 11) is 1.57. The van der Waals surface area contributed by atoms with Gasteiger partial charge in [-0.05, 0) is 84.3 Å². The molecule has 4 heterocycles. The van der Waals surface area contributed by atoms with Crippen LogP contribution >= 0.6 is 22.7 Å². The third-order valence-corrected chi connectivity index (χ3v) is 12.4. The van der Waals surface area contributed by atoms with Gasteiger partial charge in [-0.2, -0.15) is 26.3 Å². The molecule has 0 aliphatic heterocycles. The average molecular weight is 912 g/mol. The number of halogens is 6. The van der Waals surface area contributed by atoms with E-state index in [0.29, 0.717) is 65.5 Å². The lowest BCUT2D eigenvalue weighted by Gasteiger charge is -2.09. The molecule has 0 spiro atoms. The number of carboxylic acids is 1. The van der Waals surface area contributed by atoms with Crippen molar-refractivity contribution in [2.45, 2.75) is 39.0 Å². The van der Waals surface area contributed by atoms with E-state index in [1.165, 1.54) is 59.1 Å². The number of carboxylic acid groups (broad SMARTS) is 1. The zero-order chi connectivity index (χ0) is 45.8. The lowest BCUT2D eigenvalue weighted by atomic mass is 10.0. The van der Waals surface area contributed by atoms with Crippen LogP contribution in [0.25, 0.3) is 42.7 Å². The van der Waals surface area contributed by atoms with Crippen molar-refractivity contribution in [1.82, 2.24) is 15.3 Å². The van der Waals surface area contributed by atoms with E-state index >= 15 is 0 Å². The maximum absolute atomic E-state index is 13.1. The van der Waals surface area contributed by atoms with Crippen LogP contribution in [0.2, 0.25) is 0 Å². The first kappa shape index (κ1) is 45.6. The van der Waals surface area contributed by atoms with Crippen LogP contribution in [-0.2, 0) is 29.9 Å². The van der Waals surface area contributed by atoms with Crippen LogP contribution in [0.5, 0.6) is 0 Å². The van der Waals surface area contributed by atoms with Gasteiger partial charge in [-0.3, -0.25) is 14.8 Å². The number of aromatic carboxylic acids is 1. The summed E-state index contributed by atoms with van der Waals surface area (Å²) in [6, 6.07) is 32.8. The topological polar surface area (TPSA) is 101 Å². The maximum Gasteiger partial charge on any atom is 0.416 e. The molecule has 8 rings (SSSR count). The van der Waals surface area contributed by atoms with Gasteiger partial charge < -0.3 is 15.2 Å². The molecule has 2 N–H and O–H groups in total. The number of aromatic nitrogens is 2. The van der Waals surface area contributed by atoms with E-state index in [1.54, 1.807) is 38.3 Å². The second kappa shape index (κ2) is 19.1. The first-order chi connectivity index (χ1) is 30.4. The quantitative estimate of drug-likeness (QED) is 0.0990. The number of benzene rings is 4. The number of nitrogens with zero attached hydrogens (tertiary/aromatic N) is 2. The molecule has 0 atom stereocenters. The SMILES string of the molecule is COCCNC(=O)c1cc(C)nc(-c2cccc3cc(Cc4cccc(C(F)(F)F)c4)sc23)c1.Cc1cc(C(=O)O)cc(-c2cccc3cc(Cc4cccc(C(F)(F)F)c4)sc23)n1. The van der Waals surface area contributed by atoms with Gasteiger partial charge in [0, 0.05) is 73.7 Å². The predicted molar refractivity (Wildman–Crippen MR) is 239 cm³/mol. The highest BCUT2D eigenvalue weighted by Crippen LogP contribution is 2.38. The number of methoxy groups -OCH3 is 1. The van der Waals surface area contributed by atoms with E-state index in [9.17, 15) is 41.0 Å². The third-order valence-electron chi connectivity index (χ3n) is 10.0. The molecule has 8 aromatic rings. The van der Waals surface area contributed by atoms with E-state index in [1.807, 2.05) is 55.5 Å². The molecular weight excluding hydrogens is 873 g/mol. The molecule has 0 saturated carbocycles. The number of aryl methyl sites for hydroxylation is 2. The smallest absolute Gasteiger partial charge is 0.416 e. The molecule has 64 heavy (non-hydrogen) atoms. The first-order valence-corrected chi connectivity index (χ1v) is 21.4. The van der Waals surface area contributed by atoms with Crippen LogP contribution in [0.4, 0.5) is 26.3 Å². The molecule has 0 aliphatic carbocycles. The first-order valence-electron chi connectivity index (χ1n) is 19.8. The Labute approximate surface area is 372 Å². The second-order valence-corrected chi connectivity index (χ2v) is 17.2. The number of amides is 1. The summed E-state index contributed by atoms with van der Waals surface area (Å²) in [5.74, 6) is -1.22. The zero-order valence-electron chi connectivity index (χ0n) is 34.5. The lowest BCUT2D eigenvalue weighted by molar-refractivity contribution is -0.138. The Balaban J connectivity index is 0.000000193. The summed E-state index contributed by atoms with van der Waals surface area (Å²) in [5.41, 5.74) is 4.79. The number of pyridine rings is 2. The van der Waals surface area contributed by atoms with E-state index in [4.69, 9.17) is 4.74 Å². The van der Waals surface area contributed by atoms with Crippen LogP contribution in [-0.4, -0.2) is 47.2 Å². The number of nitrogens with one attached hydrogen (secondary N) is 1. The van der Waals surface area contributed by atoms with E-state index < -0.39 is 29.4 Å². The minimum absolute atomic E-state index is 0.162. The molecule has 0 saturated heterocycles. The van der Waals surface area contributed by atoms with Crippen molar-refractivity contribution in [2.24, 2.45) is 0 Å². The van der Waals surface area contributed by atoms with Crippen molar-refractivity contribution in [3.8, 4) is 22.5 Å². The van der Waals surface area contributed by atoms with Gasteiger partial charge >= 0.3 is 18.3 Å². The van der Waals surface area contributed by atoms with E-state index in [0.717, 1.165) is 53.2 Å². The number of hydrogen-bond donors (Lipinski definition) is 2. The highest BCUT2D eigenvalue weighted by molar-refractivity contribution is 7.20. The fraction of sp³-hybridized carbons (Fsp3) is 0.184. The molecule has 15 heteroatoms. The maximum atomic E-state index is 13.1. The fourth-order valence-corrected chi connectivity index (χ4v) is 9.59. The molecule has 4 aromatic carbocycles. The minimum Gasteiger partial charge on any atom is -0.478 e. The van der Waals surface area contributed by atoms with Crippen LogP contribution in [0.3, 0.4) is 0 Å². The third kappa shape index (κ3) is 11.0. The Morgan fingerprint density at radius 2 is 1.08 bits per heavy atom. The van der Waals surface area contributed by atoms with E-state index in [2.05, 4.69) is 15.3 Å². The molecule has 7 nitrogen and oxygen atoms in total. The largest absolute Gasteiger partial charge is 0.478 e. The van der Waals surface area contributed by atoms with Gasteiger partial charge in [0.15, 0.2) is 0 Å². The summed E-state index contributed by atoms with van der Waals surface area (Å²) >= 11 is 3.00. The zero-order valence-corrected chi connectivity index (χ0v) is 36.2. The molecule has 0 aliphatic rings. The van der Waals surface area contributed by atoms with E-state index in [-0.39, 0.29) is 11.5 Å². The summed E-state index contributed by atoms with van der Waals surface area (Å²) in [5, 5.41) is 14.1. The molecule has 1 amide bonds. The highest BCUT2D eigenvalue weighted by Gasteiger charge is 2.31. The molecular formula is C49H39F6N3O4S2.